The Morgan fingerprint density at radius 1 is 1.25 bits per heavy atom. The first-order chi connectivity index (χ1) is 9.42. The molecular weight excluding hydrogens is 301 g/mol. The van der Waals surface area contributed by atoms with Crippen LogP contribution in [0.1, 0.15) is 5.56 Å². The molecule has 1 aromatic carbocycles. The van der Waals surface area contributed by atoms with Gasteiger partial charge in [0.15, 0.2) is 0 Å². The summed E-state index contributed by atoms with van der Waals surface area (Å²) in [6, 6.07) is 5.24. The molecule has 0 unspecified atom stereocenters. The largest absolute Gasteiger partial charge is 0.358 e. The van der Waals surface area contributed by atoms with Crippen molar-refractivity contribution in [1.82, 2.24) is 15.5 Å². The minimum absolute atomic E-state index is 0.0229. The lowest BCUT2D eigenvalue weighted by Crippen LogP contribution is -2.40. The summed E-state index contributed by atoms with van der Waals surface area (Å²) in [5.41, 5.74) is 0.887. The maximum Gasteiger partial charge on any atom is 0.239 e. The van der Waals surface area contributed by atoms with Crippen LogP contribution in [-0.4, -0.2) is 43.9 Å². The molecule has 0 atom stereocenters. The van der Waals surface area contributed by atoms with Crippen LogP contribution >= 0.6 is 23.2 Å². The van der Waals surface area contributed by atoms with Crippen molar-refractivity contribution in [3.05, 3.63) is 33.8 Å². The van der Waals surface area contributed by atoms with E-state index in [1.165, 1.54) is 7.05 Å². The van der Waals surface area contributed by atoms with Crippen LogP contribution < -0.4 is 10.6 Å². The average molecular weight is 318 g/mol. The Morgan fingerprint density at radius 2 is 1.95 bits per heavy atom. The number of likely N-dealkylation sites (N-methyl/N-ethyl adjacent to an activating group) is 2. The minimum Gasteiger partial charge on any atom is -0.358 e. The van der Waals surface area contributed by atoms with Crippen LogP contribution in [0.2, 0.25) is 10.0 Å². The second kappa shape index (κ2) is 8.09. The molecule has 2 N–H and O–H groups in total. The molecule has 5 nitrogen and oxygen atoms in total. The van der Waals surface area contributed by atoms with E-state index in [1.54, 1.807) is 24.1 Å². The van der Waals surface area contributed by atoms with Crippen molar-refractivity contribution >= 4 is 35.0 Å². The summed E-state index contributed by atoms with van der Waals surface area (Å²) >= 11 is 11.9. The maximum atomic E-state index is 11.6. The first-order valence-electron chi connectivity index (χ1n) is 6.02. The van der Waals surface area contributed by atoms with Crippen molar-refractivity contribution in [2.24, 2.45) is 0 Å². The number of rotatable bonds is 6. The second-order valence-electron chi connectivity index (χ2n) is 4.36. The Labute approximate surface area is 128 Å². The number of benzene rings is 1. The molecule has 7 heteroatoms. The fraction of sp³-hybridized carbons (Fsp3) is 0.385. The van der Waals surface area contributed by atoms with Crippen LogP contribution in [0.4, 0.5) is 0 Å². The summed E-state index contributed by atoms with van der Waals surface area (Å²) in [5.74, 6) is -0.456. The van der Waals surface area contributed by atoms with E-state index in [9.17, 15) is 9.59 Å². The topological polar surface area (TPSA) is 61.4 Å². The van der Waals surface area contributed by atoms with Gasteiger partial charge < -0.3 is 10.6 Å². The van der Waals surface area contributed by atoms with E-state index in [-0.39, 0.29) is 24.9 Å². The fourth-order valence-electron chi connectivity index (χ4n) is 1.56. The molecule has 110 valence electrons. The van der Waals surface area contributed by atoms with Gasteiger partial charge in [0, 0.05) is 23.6 Å². The zero-order chi connectivity index (χ0) is 15.1. The molecule has 2 amide bonds. The summed E-state index contributed by atoms with van der Waals surface area (Å²) in [4.78, 5) is 24.4. The quantitative estimate of drug-likeness (QED) is 0.831. The van der Waals surface area contributed by atoms with Gasteiger partial charge in [-0.05, 0) is 24.7 Å². The molecule has 0 fully saturated rings. The molecule has 0 heterocycles. The zero-order valence-electron chi connectivity index (χ0n) is 11.4. The van der Waals surface area contributed by atoms with Gasteiger partial charge in [-0.25, -0.2) is 0 Å². The molecule has 0 spiro atoms. The van der Waals surface area contributed by atoms with Gasteiger partial charge in [-0.2, -0.15) is 0 Å². The molecule has 0 aliphatic carbocycles. The maximum absolute atomic E-state index is 11.6. The molecule has 0 aliphatic heterocycles. The van der Waals surface area contributed by atoms with E-state index in [2.05, 4.69) is 10.6 Å². The van der Waals surface area contributed by atoms with Crippen LogP contribution in [0.15, 0.2) is 18.2 Å². The van der Waals surface area contributed by atoms with Crippen LogP contribution in [0.25, 0.3) is 0 Å². The number of carbonyl (C=O) groups excluding carboxylic acids is 2. The average Bonchev–Trinajstić information content (AvgIpc) is 2.39. The number of nitrogens with zero attached hydrogens (tertiary/aromatic N) is 1. The van der Waals surface area contributed by atoms with Crippen molar-refractivity contribution in [3.8, 4) is 0 Å². The number of amides is 2. The summed E-state index contributed by atoms with van der Waals surface area (Å²) in [6.45, 7) is 0.671. The Morgan fingerprint density at radius 3 is 2.55 bits per heavy atom. The van der Waals surface area contributed by atoms with E-state index in [0.717, 1.165) is 5.56 Å². The lowest BCUT2D eigenvalue weighted by atomic mass is 10.2. The van der Waals surface area contributed by atoms with Crippen LogP contribution in [0.3, 0.4) is 0 Å². The third kappa shape index (κ3) is 5.77. The molecule has 0 radical (unpaired) electrons. The van der Waals surface area contributed by atoms with Crippen molar-refractivity contribution in [3.63, 3.8) is 0 Å². The van der Waals surface area contributed by atoms with Crippen LogP contribution in [-0.2, 0) is 16.1 Å². The van der Waals surface area contributed by atoms with E-state index in [0.29, 0.717) is 16.6 Å². The molecule has 0 aromatic heterocycles. The first-order valence-corrected chi connectivity index (χ1v) is 6.77. The Balaban J connectivity index is 2.44. The van der Waals surface area contributed by atoms with Crippen LogP contribution in [0.5, 0.6) is 0 Å². The highest BCUT2D eigenvalue weighted by molar-refractivity contribution is 6.35. The van der Waals surface area contributed by atoms with Gasteiger partial charge in [-0.1, -0.05) is 29.3 Å². The Hall–Kier alpha value is -1.30. The highest BCUT2D eigenvalue weighted by Gasteiger charge is 2.10. The van der Waals surface area contributed by atoms with Gasteiger partial charge in [-0.15, -0.1) is 0 Å². The summed E-state index contributed by atoms with van der Waals surface area (Å²) in [6.07, 6.45) is 0. The van der Waals surface area contributed by atoms with Gasteiger partial charge in [0.05, 0.1) is 13.1 Å². The molecule has 0 saturated carbocycles. The summed E-state index contributed by atoms with van der Waals surface area (Å²) < 4.78 is 0. The smallest absolute Gasteiger partial charge is 0.239 e. The Bertz CT molecular complexity index is 495. The predicted octanol–water partition coefficient (Wildman–Crippen LogP) is 1.29. The molecule has 0 bridgehead atoms. The number of halogens is 2. The lowest BCUT2D eigenvalue weighted by molar-refractivity contribution is -0.126. The SMILES string of the molecule is CNC(=O)CNC(=O)CN(C)Cc1ccc(Cl)cc1Cl. The van der Waals surface area contributed by atoms with E-state index < -0.39 is 0 Å². The fourth-order valence-corrected chi connectivity index (χ4v) is 2.03. The van der Waals surface area contributed by atoms with Gasteiger partial charge in [-0.3, -0.25) is 14.5 Å². The van der Waals surface area contributed by atoms with Gasteiger partial charge in [0.2, 0.25) is 11.8 Å². The molecule has 1 aromatic rings. The third-order valence-electron chi connectivity index (χ3n) is 2.59. The first kappa shape index (κ1) is 16.8. The zero-order valence-corrected chi connectivity index (χ0v) is 12.9. The number of carbonyl (C=O) groups is 2. The molecule has 1 rings (SSSR count). The highest BCUT2D eigenvalue weighted by Crippen LogP contribution is 2.21. The number of nitrogens with one attached hydrogen (secondary N) is 2. The van der Waals surface area contributed by atoms with Crippen molar-refractivity contribution in [1.29, 1.82) is 0 Å². The van der Waals surface area contributed by atoms with E-state index in [1.807, 2.05) is 6.07 Å². The van der Waals surface area contributed by atoms with Crippen molar-refractivity contribution in [2.45, 2.75) is 6.54 Å². The summed E-state index contributed by atoms with van der Waals surface area (Å²) in [7, 11) is 3.31. The summed E-state index contributed by atoms with van der Waals surface area (Å²) in [5, 5.41) is 6.09. The van der Waals surface area contributed by atoms with Crippen molar-refractivity contribution in [2.75, 3.05) is 27.2 Å². The van der Waals surface area contributed by atoms with Gasteiger partial charge in [0.25, 0.3) is 0 Å². The molecule has 0 saturated heterocycles. The minimum atomic E-state index is -0.234. The lowest BCUT2D eigenvalue weighted by Gasteiger charge is -2.17. The van der Waals surface area contributed by atoms with Crippen LogP contribution in [0, 0.1) is 0 Å². The molecule has 0 aliphatic rings. The predicted molar refractivity (Wildman–Crippen MR) is 79.9 cm³/mol. The third-order valence-corrected chi connectivity index (χ3v) is 3.18. The van der Waals surface area contributed by atoms with Crippen molar-refractivity contribution < 1.29 is 9.59 Å². The highest BCUT2D eigenvalue weighted by atomic mass is 35.5. The number of hydrogen-bond acceptors (Lipinski definition) is 3. The normalized spacial score (nSPS) is 10.4. The van der Waals surface area contributed by atoms with E-state index in [4.69, 9.17) is 23.2 Å². The van der Waals surface area contributed by atoms with E-state index >= 15 is 0 Å². The standard InChI is InChI=1S/C13H17Cl2N3O2/c1-16-12(19)6-17-13(20)8-18(2)7-9-3-4-10(14)5-11(9)15/h3-5H,6-8H2,1-2H3,(H,16,19)(H,17,20). The molecular formula is C13H17Cl2N3O2. The monoisotopic (exact) mass is 317 g/mol. The van der Waals surface area contributed by atoms with Gasteiger partial charge in [0.1, 0.15) is 0 Å². The number of hydrogen-bond donors (Lipinski definition) is 2. The Kier molecular flexibility index (Phi) is 6.78. The second-order valence-corrected chi connectivity index (χ2v) is 5.20. The molecule has 20 heavy (non-hydrogen) atoms. The van der Waals surface area contributed by atoms with Gasteiger partial charge >= 0.3 is 0 Å².